The van der Waals surface area contributed by atoms with Gasteiger partial charge in [-0.25, -0.2) is 0 Å². The molecule has 0 atom stereocenters. The molecule has 4 heteroatoms. The van der Waals surface area contributed by atoms with Crippen molar-refractivity contribution < 1.29 is 4.79 Å². The van der Waals surface area contributed by atoms with E-state index < -0.39 is 0 Å². The van der Waals surface area contributed by atoms with Crippen molar-refractivity contribution in [1.82, 2.24) is 4.90 Å². The summed E-state index contributed by atoms with van der Waals surface area (Å²) in [7, 11) is 0. The Morgan fingerprint density at radius 1 is 1.41 bits per heavy atom. The van der Waals surface area contributed by atoms with Gasteiger partial charge < -0.3 is 10.2 Å². The number of nitrogens with zero attached hydrogens (tertiary/aromatic N) is 1. The van der Waals surface area contributed by atoms with E-state index in [2.05, 4.69) is 21.2 Å². The summed E-state index contributed by atoms with van der Waals surface area (Å²) in [6, 6.07) is 5.97. The molecule has 1 heterocycles. The minimum atomic E-state index is 0.196. The van der Waals surface area contributed by atoms with Crippen molar-refractivity contribution in [1.29, 1.82) is 0 Å². The molecule has 0 unspecified atom stereocenters. The third-order valence-electron chi connectivity index (χ3n) is 3.16. The van der Waals surface area contributed by atoms with Gasteiger partial charge in [0.25, 0.3) is 0 Å². The van der Waals surface area contributed by atoms with Gasteiger partial charge in [-0.05, 0) is 37.5 Å². The van der Waals surface area contributed by atoms with Gasteiger partial charge in [-0.2, -0.15) is 0 Å². The van der Waals surface area contributed by atoms with Crippen LogP contribution in [0, 0.1) is 6.92 Å². The number of carbonyl (C=O) groups is 1. The van der Waals surface area contributed by atoms with E-state index >= 15 is 0 Å². The topological polar surface area (TPSA) is 32.3 Å². The molecule has 0 aromatic heterocycles. The average Bonchev–Trinajstić information content (AvgIpc) is 2.84. The summed E-state index contributed by atoms with van der Waals surface area (Å²) in [6.45, 7) is 4.25. The van der Waals surface area contributed by atoms with Crippen LogP contribution in [0.3, 0.4) is 0 Å². The maximum atomic E-state index is 11.9. The van der Waals surface area contributed by atoms with Gasteiger partial charge in [0, 0.05) is 23.2 Å². The number of carbonyl (C=O) groups excluding carboxylic acids is 1. The molecular formula is C13H17BrN2O. The van der Waals surface area contributed by atoms with Crippen molar-refractivity contribution in [2.45, 2.75) is 19.8 Å². The molecule has 2 rings (SSSR count). The fraction of sp³-hybridized carbons (Fsp3) is 0.462. The first-order chi connectivity index (χ1) is 8.18. The van der Waals surface area contributed by atoms with E-state index in [4.69, 9.17) is 0 Å². The summed E-state index contributed by atoms with van der Waals surface area (Å²) < 4.78 is 1.07. The maximum Gasteiger partial charge on any atom is 0.241 e. The summed E-state index contributed by atoms with van der Waals surface area (Å²) in [5.74, 6) is 0.196. The number of nitrogens with one attached hydrogen (secondary N) is 1. The van der Waals surface area contributed by atoms with E-state index in [9.17, 15) is 4.79 Å². The second-order valence-electron chi connectivity index (χ2n) is 4.35. The van der Waals surface area contributed by atoms with Crippen LogP contribution in [0.4, 0.5) is 5.69 Å². The monoisotopic (exact) mass is 296 g/mol. The first-order valence-corrected chi connectivity index (χ1v) is 6.74. The minimum absolute atomic E-state index is 0.196. The van der Waals surface area contributed by atoms with Gasteiger partial charge in [0.2, 0.25) is 5.91 Å². The Labute approximate surface area is 110 Å². The van der Waals surface area contributed by atoms with Crippen LogP contribution < -0.4 is 5.32 Å². The highest BCUT2D eigenvalue weighted by atomic mass is 79.9. The van der Waals surface area contributed by atoms with E-state index in [0.717, 1.165) is 41.7 Å². The molecule has 1 saturated heterocycles. The van der Waals surface area contributed by atoms with Crippen molar-refractivity contribution in [3.63, 3.8) is 0 Å². The molecule has 0 bridgehead atoms. The Hall–Kier alpha value is -1.03. The largest absolute Gasteiger partial charge is 0.376 e. The van der Waals surface area contributed by atoms with Crippen LogP contribution in [-0.4, -0.2) is 30.4 Å². The zero-order valence-corrected chi connectivity index (χ0v) is 11.6. The number of rotatable bonds is 3. The number of hydrogen-bond acceptors (Lipinski definition) is 2. The van der Waals surface area contributed by atoms with Crippen LogP contribution in [-0.2, 0) is 4.79 Å². The molecule has 0 radical (unpaired) electrons. The van der Waals surface area contributed by atoms with Gasteiger partial charge in [-0.3, -0.25) is 4.79 Å². The quantitative estimate of drug-likeness (QED) is 0.930. The van der Waals surface area contributed by atoms with E-state index in [0.29, 0.717) is 6.54 Å². The molecule has 1 amide bonds. The molecule has 1 aromatic rings. The first kappa shape index (κ1) is 12.4. The maximum absolute atomic E-state index is 11.9. The molecule has 1 aliphatic heterocycles. The molecule has 17 heavy (non-hydrogen) atoms. The number of amides is 1. The van der Waals surface area contributed by atoms with Crippen molar-refractivity contribution in [2.75, 3.05) is 25.0 Å². The Morgan fingerprint density at radius 3 is 2.82 bits per heavy atom. The van der Waals surface area contributed by atoms with Crippen molar-refractivity contribution in [3.05, 3.63) is 28.2 Å². The smallest absolute Gasteiger partial charge is 0.241 e. The number of anilines is 1. The first-order valence-electron chi connectivity index (χ1n) is 5.95. The van der Waals surface area contributed by atoms with Gasteiger partial charge in [0.1, 0.15) is 0 Å². The normalized spacial score (nSPS) is 15.1. The summed E-state index contributed by atoms with van der Waals surface area (Å²) >= 11 is 3.48. The third kappa shape index (κ3) is 3.00. The molecule has 1 N–H and O–H groups in total. The zero-order valence-electron chi connectivity index (χ0n) is 10.0. The minimum Gasteiger partial charge on any atom is -0.376 e. The number of benzene rings is 1. The van der Waals surface area contributed by atoms with E-state index in [1.165, 1.54) is 0 Å². The van der Waals surface area contributed by atoms with Gasteiger partial charge in [-0.1, -0.05) is 22.0 Å². The van der Waals surface area contributed by atoms with Crippen molar-refractivity contribution >= 4 is 27.5 Å². The van der Waals surface area contributed by atoms with Crippen LogP contribution in [0.5, 0.6) is 0 Å². The van der Waals surface area contributed by atoms with Crippen LogP contribution >= 0.6 is 15.9 Å². The summed E-state index contributed by atoms with van der Waals surface area (Å²) in [5, 5.41) is 3.21. The lowest BCUT2D eigenvalue weighted by atomic mass is 10.2. The zero-order chi connectivity index (χ0) is 12.3. The Kier molecular flexibility index (Phi) is 4.05. The van der Waals surface area contributed by atoms with E-state index in [-0.39, 0.29) is 5.91 Å². The highest BCUT2D eigenvalue weighted by Gasteiger charge is 2.17. The van der Waals surface area contributed by atoms with Gasteiger partial charge >= 0.3 is 0 Å². The highest BCUT2D eigenvalue weighted by Crippen LogP contribution is 2.23. The van der Waals surface area contributed by atoms with Crippen LogP contribution in [0.1, 0.15) is 18.4 Å². The molecular weight excluding hydrogens is 280 g/mol. The number of hydrogen-bond donors (Lipinski definition) is 1. The summed E-state index contributed by atoms with van der Waals surface area (Å²) in [4.78, 5) is 13.8. The van der Waals surface area contributed by atoms with E-state index in [1.54, 1.807) is 0 Å². The van der Waals surface area contributed by atoms with Gasteiger partial charge in [0.15, 0.2) is 0 Å². The lowest BCUT2D eigenvalue weighted by Crippen LogP contribution is -2.33. The summed E-state index contributed by atoms with van der Waals surface area (Å²) in [5.41, 5.74) is 2.16. The molecule has 0 saturated carbocycles. The molecule has 0 spiro atoms. The molecule has 92 valence electrons. The van der Waals surface area contributed by atoms with Gasteiger partial charge in [-0.15, -0.1) is 0 Å². The molecule has 1 aliphatic rings. The molecule has 1 fully saturated rings. The highest BCUT2D eigenvalue weighted by molar-refractivity contribution is 9.10. The van der Waals surface area contributed by atoms with Gasteiger partial charge in [0.05, 0.1) is 6.54 Å². The van der Waals surface area contributed by atoms with Crippen LogP contribution in [0.25, 0.3) is 0 Å². The van der Waals surface area contributed by atoms with Crippen LogP contribution in [0.15, 0.2) is 22.7 Å². The predicted octanol–water partition coefficient (Wildman–Crippen LogP) is 2.79. The summed E-state index contributed by atoms with van der Waals surface area (Å²) in [6.07, 6.45) is 2.28. The predicted molar refractivity (Wildman–Crippen MR) is 73.2 cm³/mol. The van der Waals surface area contributed by atoms with Crippen LogP contribution in [0.2, 0.25) is 0 Å². The number of halogens is 1. The second-order valence-corrected chi connectivity index (χ2v) is 5.21. The lowest BCUT2D eigenvalue weighted by Gasteiger charge is -2.17. The fourth-order valence-corrected chi connectivity index (χ4v) is 2.41. The lowest BCUT2D eigenvalue weighted by molar-refractivity contribution is -0.128. The SMILES string of the molecule is Cc1c(Br)cccc1NCC(=O)N1CCCC1. The van der Waals surface area contributed by atoms with Crippen molar-refractivity contribution in [2.24, 2.45) is 0 Å². The fourth-order valence-electron chi connectivity index (χ4n) is 2.05. The standard InChI is InChI=1S/C13H17BrN2O/c1-10-11(14)5-4-6-12(10)15-9-13(17)16-7-2-3-8-16/h4-6,15H,2-3,7-9H2,1H3. The Morgan fingerprint density at radius 2 is 2.12 bits per heavy atom. The number of likely N-dealkylation sites (tertiary alicyclic amines) is 1. The molecule has 1 aromatic carbocycles. The van der Waals surface area contributed by atoms with Crippen molar-refractivity contribution in [3.8, 4) is 0 Å². The average molecular weight is 297 g/mol. The second kappa shape index (κ2) is 5.54. The molecule has 3 nitrogen and oxygen atoms in total. The Balaban J connectivity index is 1.93. The third-order valence-corrected chi connectivity index (χ3v) is 4.02. The molecule has 0 aliphatic carbocycles. The Bertz CT molecular complexity index is 414. The van der Waals surface area contributed by atoms with E-state index in [1.807, 2.05) is 30.0 Å².